The highest BCUT2D eigenvalue weighted by Gasteiger charge is 2.06. The van der Waals surface area contributed by atoms with E-state index < -0.39 is 5.97 Å². The normalized spacial score (nSPS) is 11.8. The van der Waals surface area contributed by atoms with Crippen molar-refractivity contribution in [3.8, 4) is 0 Å². The van der Waals surface area contributed by atoms with Gasteiger partial charge in [0.05, 0.1) is 0 Å². The molecule has 3 heteroatoms. The van der Waals surface area contributed by atoms with Crippen LogP contribution in [0, 0.1) is 5.92 Å². The van der Waals surface area contributed by atoms with Gasteiger partial charge in [-0.05, 0) is 6.92 Å². The fourth-order valence-corrected chi connectivity index (χ4v) is 0.577. The van der Waals surface area contributed by atoms with E-state index >= 15 is 0 Å². The van der Waals surface area contributed by atoms with Crippen molar-refractivity contribution in [2.45, 2.75) is 27.2 Å². The maximum absolute atomic E-state index is 11.0. The molecule has 3 nitrogen and oxygen atoms in total. The fourth-order valence-electron chi connectivity index (χ4n) is 0.577. The SMILES string of the molecule is C/C(=C\CC(=O)C(C)C)C(=O)O. The van der Waals surface area contributed by atoms with Gasteiger partial charge in [0.15, 0.2) is 0 Å². The summed E-state index contributed by atoms with van der Waals surface area (Å²) < 4.78 is 0. The number of aliphatic carboxylic acids is 1. The summed E-state index contributed by atoms with van der Waals surface area (Å²) in [5.41, 5.74) is 0.226. The Morgan fingerprint density at radius 2 is 1.92 bits per heavy atom. The van der Waals surface area contributed by atoms with Gasteiger partial charge in [-0.25, -0.2) is 4.79 Å². The Morgan fingerprint density at radius 1 is 1.42 bits per heavy atom. The highest BCUT2D eigenvalue weighted by atomic mass is 16.4. The van der Waals surface area contributed by atoms with Crippen LogP contribution in [0.4, 0.5) is 0 Å². The van der Waals surface area contributed by atoms with Crippen LogP contribution in [-0.4, -0.2) is 16.9 Å². The van der Waals surface area contributed by atoms with Gasteiger partial charge in [0, 0.05) is 17.9 Å². The van der Waals surface area contributed by atoms with Crippen molar-refractivity contribution >= 4 is 11.8 Å². The molecule has 0 amide bonds. The Hall–Kier alpha value is -1.12. The summed E-state index contributed by atoms with van der Waals surface area (Å²) in [4.78, 5) is 21.3. The van der Waals surface area contributed by atoms with Gasteiger partial charge in [-0.1, -0.05) is 19.9 Å². The highest BCUT2D eigenvalue weighted by molar-refractivity contribution is 5.88. The lowest BCUT2D eigenvalue weighted by Gasteiger charge is -1.99. The number of hydrogen-bond acceptors (Lipinski definition) is 2. The first kappa shape index (κ1) is 10.9. The lowest BCUT2D eigenvalue weighted by Crippen LogP contribution is -2.06. The Morgan fingerprint density at radius 3 is 2.25 bits per heavy atom. The molecule has 0 unspecified atom stereocenters. The van der Waals surface area contributed by atoms with E-state index in [2.05, 4.69) is 0 Å². The van der Waals surface area contributed by atoms with Gasteiger partial charge < -0.3 is 5.11 Å². The van der Waals surface area contributed by atoms with Crippen LogP contribution in [0.5, 0.6) is 0 Å². The van der Waals surface area contributed by atoms with E-state index in [-0.39, 0.29) is 23.7 Å². The first-order valence-corrected chi connectivity index (χ1v) is 3.88. The van der Waals surface area contributed by atoms with Gasteiger partial charge in [0.2, 0.25) is 0 Å². The number of hydrogen-bond donors (Lipinski definition) is 1. The monoisotopic (exact) mass is 170 g/mol. The average Bonchev–Trinajstić information content (AvgIpc) is 1.98. The van der Waals surface area contributed by atoms with E-state index in [4.69, 9.17) is 5.11 Å². The Labute approximate surface area is 72.1 Å². The van der Waals surface area contributed by atoms with Gasteiger partial charge >= 0.3 is 5.97 Å². The molecule has 0 saturated carbocycles. The minimum absolute atomic E-state index is 0.0251. The van der Waals surface area contributed by atoms with E-state index in [0.717, 1.165) is 0 Å². The molecular weight excluding hydrogens is 156 g/mol. The lowest BCUT2D eigenvalue weighted by molar-refractivity contribution is -0.132. The molecule has 0 spiro atoms. The molecule has 0 aromatic rings. The second-order valence-corrected chi connectivity index (χ2v) is 3.02. The third-order valence-electron chi connectivity index (χ3n) is 1.59. The molecule has 0 aromatic carbocycles. The second-order valence-electron chi connectivity index (χ2n) is 3.02. The number of carboxylic acids is 1. The van der Waals surface area contributed by atoms with Gasteiger partial charge in [-0.2, -0.15) is 0 Å². The smallest absolute Gasteiger partial charge is 0.330 e. The molecule has 0 aromatic heterocycles. The Kier molecular flexibility index (Phi) is 4.26. The van der Waals surface area contributed by atoms with Crippen molar-refractivity contribution in [3.63, 3.8) is 0 Å². The van der Waals surface area contributed by atoms with Crippen LogP contribution in [0.3, 0.4) is 0 Å². The van der Waals surface area contributed by atoms with Crippen molar-refractivity contribution in [2.24, 2.45) is 5.92 Å². The number of ketones is 1. The summed E-state index contributed by atoms with van der Waals surface area (Å²) in [5.74, 6) is -0.926. The van der Waals surface area contributed by atoms with Crippen LogP contribution in [0.15, 0.2) is 11.6 Å². The zero-order chi connectivity index (χ0) is 9.72. The Bertz CT molecular complexity index is 214. The number of carbonyl (C=O) groups excluding carboxylic acids is 1. The summed E-state index contributed by atoms with van der Waals surface area (Å²) in [5, 5.41) is 8.45. The first-order valence-electron chi connectivity index (χ1n) is 3.88. The van der Waals surface area contributed by atoms with Crippen LogP contribution >= 0.6 is 0 Å². The number of Topliss-reactive ketones (excluding diaryl/α,β-unsaturated/α-hetero) is 1. The second kappa shape index (κ2) is 4.70. The number of allylic oxidation sites excluding steroid dienone is 1. The van der Waals surface area contributed by atoms with Crippen molar-refractivity contribution in [2.75, 3.05) is 0 Å². The van der Waals surface area contributed by atoms with Gasteiger partial charge in [0.1, 0.15) is 5.78 Å². The van der Waals surface area contributed by atoms with Gasteiger partial charge in [-0.3, -0.25) is 4.79 Å². The maximum Gasteiger partial charge on any atom is 0.330 e. The molecule has 0 aliphatic carbocycles. The number of carboxylic acid groups (broad SMARTS) is 1. The van der Waals surface area contributed by atoms with Crippen molar-refractivity contribution < 1.29 is 14.7 Å². The van der Waals surface area contributed by atoms with Crippen molar-refractivity contribution in [3.05, 3.63) is 11.6 Å². The molecule has 0 atom stereocenters. The van der Waals surface area contributed by atoms with Crippen LogP contribution in [0.25, 0.3) is 0 Å². The summed E-state index contributed by atoms with van der Waals surface area (Å²) in [7, 11) is 0. The van der Waals surface area contributed by atoms with Crippen LogP contribution in [-0.2, 0) is 9.59 Å². The predicted octanol–water partition coefficient (Wildman–Crippen LogP) is 1.63. The third-order valence-corrected chi connectivity index (χ3v) is 1.59. The molecule has 0 rings (SSSR count). The van der Waals surface area contributed by atoms with Gasteiger partial charge in [0.25, 0.3) is 0 Å². The standard InChI is InChI=1S/C9H14O3/c1-6(2)8(10)5-4-7(3)9(11)12/h4,6H,5H2,1-3H3,(H,11,12)/b7-4+. The van der Waals surface area contributed by atoms with E-state index in [1.165, 1.54) is 13.0 Å². The number of rotatable bonds is 4. The van der Waals surface area contributed by atoms with Crippen molar-refractivity contribution in [1.82, 2.24) is 0 Å². The quantitative estimate of drug-likeness (QED) is 0.652. The molecule has 0 aliphatic rings. The Balaban J connectivity index is 4.05. The third kappa shape index (κ3) is 3.91. The molecule has 0 saturated heterocycles. The summed E-state index contributed by atoms with van der Waals surface area (Å²) in [6.45, 7) is 5.08. The largest absolute Gasteiger partial charge is 0.478 e. The first-order chi connectivity index (χ1) is 5.45. The molecule has 0 heterocycles. The molecule has 0 fully saturated rings. The van der Waals surface area contributed by atoms with Crippen LogP contribution < -0.4 is 0 Å². The molecule has 68 valence electrons. The topological polar surface area (TPSA) is 54.4 Å². The minimum Gasteiger partial charge on any atom is -0.478 e. The molecule has 0 aliphatic heterocycles. The fraction of sp³-hybridized carbons (Fsp3) is 0.556. The summed E-state index contributed by atoms with van der Waals surface area (Å²) in [6.07, 6.45) is 1.67. The lowest BCUT2D eigenvalue weighted by atomic mass is 10.1. The predicted molar refractivity (Wildman–Crippen MR) is 45.9 cm³/mol. The molecule has 0 bridgehead atoms. The minimum atomic E-state index is -0.966. The molecular formula is C9H14O3. The highest BCUT2D eigenvalue weighted by Crippen LogP contribution is 2.02. The van der Waals surface area contributed by atoms with Gasteiger partial charge in [-0.15, -0.1) is 0 Å². The summed E-state index contributed by atoms with van der Waals surface area (Å²) >= 11 is 0. The van der Waals surface area contributed by atoms with Crippen LogP contribution in [0.2, 0.25) is 0 Å². The van der Waals surface area contributed by atoms with E-state index in [1.54, 1.807) is 13.8 Å². The van der Waals surface area contributed by atoms with Crippen molar-refractivity contribution in [1.29, 1.82) is 0 Å². The molecule has 12 heavy (non-hydrogen) atoms. The maximum atomic E-state index is 11.0. The summed E-state index contributed by atoms with van der Waals surface area (Å²) in [6, 6.07) is 0. The average molecular weight is 170 g/mol. The molecule has 0 radical (unpaired) electrons. The zero-order valence-electron chi connectivity index (χ0n) is 7.63. The van der Waals surface area contributed by atoms with E-state index in [0.29, 0.717) is 0 Å². The number of carbonyl (C=O) groups is 2. The zero-order valence-corrected chi connectivity index (χ0v) is 7.63. The van der Waals surface area contributed by atoms with Crippen LogP contribution in [0.1, 0.15) is 27.2 Å². The van der Waals surface area contributed by atoms with E-state index in [9.17, 15) is 9.59 Å². The van der Waals surface area contributed by atoms with E-state index in [1.807, 2.05) is 0 Å². The molecule has 1 N–H and O–H groups in total.